The van der Waals surface area contributed by atoms with Gasteiger partial charge in [0, 0.05) is 10.6 Å². The monoisotopic (exact) mass is 405 g/mol. The Kier molecular flexibility index (Phi) is 5.95. The van der Waals surface area contributed by atoms with Gasteiger partial charge in [0.15, 0.2) is 0 Å². The number of aliphatic imine (C=N–C) groups is 1. The lowest BCUT2D eigenvalue weighted by Crippen LogP contribution is -2.35. The molecule has 0 unspecified atom stereocenters. The molecule has 0 aliphatic carbocycles. The molecule has 1 aliphatic heterocycles. The number of guanidine groups is 1. The quantitative estimate of drug-likeness (QED) is 0.526. The van der Waals surface area contributed by atoms with Crippen LogP contribution in [0.1, 0.15) is 12.0 Å². The second-order valence-electron chi connectivity index (χ2n) is 5.72. The standard InChI is InChI=1S/C18H14ClF2N5O2/c19-11-5-2-1-4-10(11)9-22-26-18-23-14(17(28)25-18)8-15(27)24-16-12(20)6-3-7-13(16)21/h1-7,9,14H,8H2,(H,24,27)(H2,23,25,26,28)/b22-9-/t14-/m0/s1. The van der Waals surface area contributed by atoms with Gasteiger partial charge in [0.1, 0.15) is 23.4 Å². The molecule has 0 bridgehead atoms. The van der Waals surface area contributed by atoms with E-state index in [2.05, 4.69) is 26.2 Å². The summed E-state index contributed by atoms with van der Waals surface area (Å²) in [4.78, 5) is 27.9. The van der Waals surface area contributed by atoms with Crippen molar-refractivity contribution in [2.45, 2.75) is 12.5 Å². The van der Waals surface area contributed by atoms with Gasteiger partial charge in [0.05, 0.1) is 12.6 Å². The van der Waals surface area contributed by atoms with Crippen LogP contribution in [0.25, 0.3) is 0 Å². The second-order valence-corrected chi connectivity index (χ2v) is 6.13. The molecule has 3 rings (SSSR count). The summed E-state index contributed by atoms with van der Waals surface area (Å²) in [5.74, 6) is -3.08. The van der Waals surface area contributed by atoms with Crippen LogP contribution in [0.3, 0.4) is 0 Å². The Labute approximate surface area is 163 Å². The molecule has 1 aliphatic rings. The number of nitrogens with one attached hydrogen (secondary N) is 3. The summed E-state index contributed by atoms with van der Waals surface area (Å²) in [6.45, 7) is 0. The number of hydrogen-bond donors (Lipinski definition) is 3. The number of rotatable bonds is 5. The highest BCUT2D eigenvalue weighted by Gasteiger charge is 2.29. The van der Waals surface area contributed by atoms with E-state index in [4.69, 9.17) is 11.6 Å². The third-order valence-electron chi connectivity index (χ3n) is 3.71. The molecule has 0 saturated carbocycles. The first-order chi connectivity index (χ1) is 13.4. The summed E-state index contributed by atoms with van der Waals surface area (Å²) in [5, 5.41) is 8.95. The van der Waals surface area contributed by atoms with Crippen molar-refractivity contribution >= 4 is 41.3 Å². The van der Waals surface area contributed by atoms with Gasteiger partial charge in [-0.05, 0) is 18.2 Å². The minimum atomic E-state index is -1.05. The average Bonchev–Trinajstić information content (AvgIpc) is 2.99. The SMILES string of the molecule is O=C(C[C@@H]1N=C(N/N=C\c2ccccc2Cl)NC1=O)Nc1c(F)cccc1F. The number of carbonyl (C=O) groups excluding carboxylic acids is 2. The second kappa shape index (κ2) is 8.57. The van der Waals surface area contributed by atoms with Gasteiger partial charge in [0.25, 0.3) is 5.91 Å². The predicted octanol–water partition coefficient (Wildman–Crippen LogP) is 2.42. The maximum Gasteiger partial charge on any atom is 0.252 e. The van der Waals surface area contributed by atoms with Crippen LogP contribution in [0.2, 0.25) is 5.02 Å². The lowest BCUT2D eigenvalue weighted by molar-refractivity contribution is -0.123. The first-order valence-corrected chi connectivity index (χ1v) is 8.48. The van der Waals surface area contributed by atoms with Gasteiger partial charge in [-0.3, -0.25) is 14.9 Å². The number of amides is 2. The number of carbonyl (C=O) groups is 2. The van der Waals surface area contributed by atoms with Crippen LogP contribution in [0.4, 0.5) is 14.5 Å². The van der Waals surface area contributed by atoms with E-state index in [1.54, 1.807) is 24.3 Å². The molecule has 1 heterocycles. The summed E-state index contributed by atoms with van der Waals surface area (Å²) >= 11 is 6.00. The van der Waals surface area contributed by atoms with E-state index >= 15 is 0 Å². The van der Waals surface area contributed by atoms with E-state index in [1.165, 1.54) is 12.3 Å². The van der Waals surface area contributed by atoms with E-state index in [0.717, 1.165) is 12.1 Å². The molecule has 0 fully saturated rings. The molecular weight excluding hydrogens is 392 g/mol. The van der Waals surface area contributed by atoms with Crippen molar-refractivity contribution in [2.24, 2.45) is 10.1 Å². The Morgan fingerprint density at radius 3 is 2.64 bits per heavy atom. The van der Waals surface area contributed by atoms with Crippen molar-refractivity contribution < 1.29 is 18.4 Å². The van der Waals surface area contributed by atoms with Gasteiger partial charge in [-0.1, -0.05) is 35.9 Å². The first-order valence-electron chi connectivity index (χ1n) is 8.10. The lowest BCUT2D eigenvalue weighted by Gasteiger charge is -2.08. The van der Waals surface area contributed by atoms with Gasteiger partial charge in [-0.25, -0.2) is 19.2 Å². The third-order valence-corrected chi connectivity index (χ3v) is 4.06. The molecule has 7 nitrogen and oxygen atoms in total. The predicted molar refractivity (Wildman–Crippen MR) is 101 cm³/mol. The Balaban J connectivity index is 1.59. The van der Waals surface area contributed by atoms with Crippen molar-refractivity contribution in [3.05, 3.63) is 64.7 Å². The summed E-state index contributed by atoms with van der Waals surface area (Å²) in [5.41, 5.74) is 2.62. The Hall–Kier alpha value is -3.33. The highest BCUT2D eigenvalue weighted by atomic mass is 35.5. The summed E-state index contributed by atoms with van der Waals surface area (Å²) in [6, 6.07) is 9.16. The number of halogens is 3. The van der Waals surface area contributed by atoms with Crippen LogP contribution in [0.15, 0.2) is 52.6 Å². The zero-order valence-electron chi connectivity index (χ0n) is 14.2. The molecule has 10 heteroatoms. The van der Waals surface area contributed by atoms with Crippen molar-refractivity contribution in [2.75, 3.05) is 5.32 Å². The van der Waals surface area contributed by atoms with Crippen LogP contribution >= 0.6 is 11.6 Å². The van der Waals surface area contributed by atoms with Gasteiger partial charge in [0.2, 0.25) is 11.9 Å². The van der Waals surface area contributed by atoms with Crippen molar-refractivity contribution in [3.8, 4) is 0 Å². The van der Waals surface area contributed by atoms with E-state index in [-0.39, 0.29) is 12.4 Å². The molecular formula is C18H14ClF2N5O2. The van der Waals surface area contributed by atoms with Crippen molar-refractivity contribution in [3.63, 3.8) is 0 Å². The zero-order chi connectivity index (χ0) is 20.1. The molecule has 144 valence electrons. The minimum absolute atomic E-state index is 0.0446. The number of anilines is 1. The maximum absolute atomic E-state index is 13.6. The summed E-state index contributed by atoms with van der Waals surface area (Å²) < 4.78 is 27.1. The Morgan fingerprint density at radius 1 is 1.21 bits per heavy atom. The molecule has 0 spiro atoms. The first kappa shape index (κ1) is 19.4. The Bertz CT molecular complexity index is 960. The van der Waals surface area contributed by atoms with Gasteiger partial charge < -0.3 is 5.32 Å². The fourth-order valence-corrected chi connectivity index (χ4v) is 2.55. The van der Waals surface area contributed by atoms with Crippen LogP contribution in [-0.2, 0) is 9.59 Å². The number of hydrazone groups is 1. The molecule has 0 radical (unpaired) electrons. The molecule has 1 atom stereocenters. The normalized spacial score (nSPS) is 16.0. The molecule has 2 aromatic carbocycles. The van der Waals surface area contributed by atoms with E-state index in [1.807, 2.05) is 0 Å². The molecule has 0 saturated heterocycles. The van der Waals surface area contributed by atoms with Crippen LogP contribution in [0, 0.1) is 11.6 Å². The largest absolute Gasteiger partial charge is 0.321 e. The number of hydrogen-bond acceptors (Lipinski definition) is 5. The molecule has 0 aromatic heterocycles. The topological polar surface area (TPSA) is 94.9 Å². The minimum Gasteiger partial charge on any atom is -0.321 e. The zero-order valence-corrected chi connectivity index (χ0v) is 15.0. The van der Waals surface area contributed by atoms with Gasteiger partial charge >= 0.3 is 0 Å². The number of para-hydroxylation sites is 1. The van der Waals surface area contributed by atoms with Crippen molar-refractivity contribution in [1.82, 2.24) is 10.7 Å². The van der Waals surface area contributed by atoms with Crippen LogP contribution < -0.4 is 16.1 Å². The molecule has 28 heavy (non-hydrogen) atoms. The fourth-order valence-electron chi connectivity index (χ4n) is 2.37. The van der Waals surface area contributed by atoms with E-state index < -0.39 is 35.2 Å². The molecule has 3 N–H and O–H groups in total. The highest BCUT2D eigenvalue weighted by Crippen LogP contribution is 2.19. The summed E-state index contributed by atoms with van der Waals surface area (Å²) in [7, 11) is 0. The van der Waals surface area contributed by atoms with Crippen LogP contribution in [-0.4, -0.2) is 30.0 Å². The highest BCUT2D eigenvalue weighted by molar-refractivity contribution is 6.33. The van der Waals surface area contributed by atoms with E-state index in [0.29, 0.717) is 10.6 Å². The maximum atomic E-state index is 13.6. The van der Waals surface area contributed by atoms with Gasteiger partial charge in [-0.15, -0.1) is 0 Å². The molecule has 2 amide bonds. The average molecular weight is 406 g/mol. The lowest BCUT2D eigenvalue weighted by atomic mass is 10.2. The molecule has 2 aromatic rings. The van der Waals surface area contributed by atoms with E-state index in [9.17, 15) is 18.4 Å². The Morgan fingerprint density at radius 2 is 1.93 bits per heavy atom. The van der Waals surface area contributed by atoms with Crippen LogP contribution in [0.5, 0.6) is 0 Å². The fraction of sp³-hybridized carbons (Fsp3) is 0.111. The number of benzene rings is 2. The van der Waals surface area contributed by atoms with Gasteiger partial charge in [-0.2, -0.15) is 5.10 Å². The third kappa shape index (κ3) is 4.68. The van der Waals surface area contributed by atoms with Crippen molar-refractivity contribution in [1.29, 1.82) is 0 Å². The number of nitrogens with zero attached hydrogens (tertiary/aromatic N) is 2. The smallest absolute Gasteiger partial charge is 0.252 e. The summed E-state index contributed by atoms with van der Waals surface area (Å²) in [6.07, 6.45) is 1.05.